The third kappa shape index (κ3) is 3.00. The van der Waals surface area contributed by atoms with E-state index in [4.69, 9.17) is 5.73 Å². The zero-order valence-electron chi connectivity index (χ0n) is 12.1. The Morgan fingerprint density at radius 2 is 1.76 bits per heavy atom. The lowest BCUT2D eigenvalue weighted by atomic mass is 10.1. The van der Waals surface area contributed by atoms with Gasteiger partial charge >= 0.3 is 0 Å². The topological polar surface area (TPSA) is 72.2 Å². The molecule has 0 bridgehead atoms. The summed E-state index contributed by atoms with van der Waals surface area (Å²) in [4.78, 5) is 0.101. The maximum atomic E-state index is 13.5. The molecule has 0 aromatic heterocycles. The summed E-state index contributed by atoms with van der Waals surface area (Å²) in [6.07, 6.45) is 0. The molecule has 0 aliphatic carbocycles. The van der Waals surface area contributed by atoms with Gasteiger partial charge in [-0.1, -0.05) is 6.07 Å². The fourth-order valence-electron chi connectivity index (χ4n) is 2.05. The summed E-state index contributed by atoms with van der Waals surface area (Å²) in [5.41, 5.74) is 7.91. The van der Waals surface area contributed by atoms with E-state index in [-0.39, 0.29) is 16.1 Å². The summed E-state index contributed by atoms with van der Waals surface area (Å²) in [5, 5.41) is 0. The molecule has 21 heavy (non-hydrogen) atoms. The molecule has 0 unspecified atom stereocenters. The van der Waals surface area contributed by atoms with E-state index >= 15 is 0 Å². The molecule has 2 aromatic rings. The number of nitrogens with two attached hydrogens (primary N) is 1. The molecule has 0 aliphatic heterocycles. The summed E-state index contributed by atoms with van der Waals surface area (Å²) in [6, 6.07) is 7.51. The molecule has 3 N–H and O–H groups in total. The predicted molar refractivity (Wildman–Crippen MR) is 82.3 cm³/mol. The maximum absolute atomic E-state index is 13.5. The smallest absolute Gasteiger partial charge is 0.262 e. The summed E-state index contributed by atoms with van der Waals surface area (Å²) < 4.78 is 40.9. The Balaban J connectivity index is 2.51. The van der Waals surface area contributed by atoms with E-state index in [0.29, 0.717) is 11.3 Å². The van der Waals surface area contributed by atoms with Gasteiger partial charge in [0, 0.05) is 11.3 Å². The van der Waals surface area contributed by atoms with E-state index in [2.05, 4.69) is 4.72 Å². The van der Waals surface area contributed by atoms with Crippen molar-refractivity contribution in [2.24, 2.45) is 0 Å². The molecule has 4 nitrogen and oxygen atoms in total. The number of anilines is 2. The summed E-state index contributed by atoms with van der Waals surface area (Å²) >= 11 is 0. The lowest BCUT2D eigenvalue weighted by Crippen LogP contribution is -2.16. The molecule has 0 heterocycles. The Labute approximate surface area is 123 Å². The third-order valence-electron chi connectivity index (χ3n) is 3.35. The highest BCUT2D eigenvalue weighted by atomic mass is 32.2. The third-order valence-corrected chi connectivity index (χ3v) is 4.84. The largest absolute Gasteiger partial charge is 0.398 e. The van der Waals surface area contributed by atoms with Crippen LogP contribution in [0.2, 0.25) is 0 Å². The molecule has 0 spiro atoms. The molecule has 2 rings (SSSR count). The van der Waals surface area contributed by atoms with Crippen molar-refractivity contribution in [2.75, 3.05) is 10.5 Å². The molecular weight excluding hydrogens is 291 g/mol. The van der Waals surface area contributed by atoms with Crippen molar-refractivity contribution >= 4 is 21.4 Å². The van der Waals surface area contributed by atoms with Crippen LogP contribution < -0.4 is 10.5 Å². The summed E-state index contributed by atoms with van der Waals surface area (Å²) in [5.74, 6) is -0.462. The SMILES string of the molecule is Cc1cc(N)c(C)c(S(=O)(=O)Nc2cccc(F)c2C)c1. The number of benzene rings is 2. The first kappa shape index (κ1) is 15.3. The number of halogens is 1. The molecule has 0 aliphatic rings. The van der Waals surface area contributed by atoms with Crippen LogP contribution in [-0.4, -0.2) is 8.42 Å². The van der Waals surface area contributed by atoms with Gasteiger partial charge in [-0.25, -0.2) is 12.8 Å². The molecule has 2 aromatic carbocycles. The van der Waals surface area contributed by atoms with E-state index < -0.39 is 15.8 Å². The summed E-state index contributed by atoms with van der Waals surface area (Å²) in [7, 11) is -3.82. The molecule has 0 saturated carbocycles. The lowest BCUT2D eigenvalue weighted by molar-refractivity contribution is 0.600. The van der Waals surface area contributed by atoms with Crippen molar-refractivity contribution in [3.63, 3.8) is 0 Å². The second kappa shape index (κ2) is 5.37. The standard InChI is InChI=1S/C15H17FN2O2S/c1-9-7-13(17)11(3)15(8-9)21(19,20)18-14-6-4-5-12(16)10(14)2/h4-8,18H,17H2,1-3H3. The quantitative estimate of drug-likeness (QED) is 0.856. The second-order valence-electron chi connectivity index (χ2n) is 5.00. The lowest BCUT2D eigenvalue weighted by Gasteiger charge is -2.14. The molecule has 6 heteroatoms. The maximum Gasteiger partial charge on any atom is 0.262 e. The number of sulfonamides is 1. The molecular formula is C15H17FN2O2S. The monoisotopic (exact) mass is 308 g/mol. The van der Waals surface area contributed by atoms with Gasteiger partial charge in [0.15, 0.2) is 0 Å². The van der Waals surface area contributed by atoms with Crippen LogP contribution in [0.1, 0.15) is 16.7 Å². The van der Waals surface area contributed by atoms with Crippen LogP contribution in [0.5, 0.6) is 0 Å². The van der Waals surface area contributed by atoms with Gasteiger partial charge in [0.25, 0.3) is 10.0 Å². The Kier molecular flexibility index (Phi) is 3.91. The van der Waals surface area contributed by atoms with Crippen molar-refractivity contribution < 1.29 is 12.8 Å². The minimum atomic E-state index is -3.82. The minimum Gasteiger partial charge on any atom is -0.398 e. The minimum absolute atomic E-state index is 0.101. The van der Waals surface area contributed by atoms with E-state index in [1.165, 1.54) is 25.1 Å². The van der Waals surface area contributed by atoms with Gasteiger partial charge in [-0.05, 0) is 56.2 Å². The van der Waals surface area contributed by atoms with Gasteiger partial charge in [0.2, 0.25) is 0 Å². The Bertz CT molecular complexity index is 802. The number of rotatable bonds is 3. The molecule has 112 valence electrons. The van der Waals surface area contributed by atoms with Crippen LogP contribution in [0.25, 0.3) is 0 Å². The van der Waals surface area contributed by atoms with Crippen molar-refractivity contribution in [2.45, 2.75) is 25.7 Å². The summed E-state index contributed by atoms with van der Waals surface area (Å²) in [6.45, 7) is 4.93. The zero-order chi connectivity index (χ0) is 15.8. The Morgan fingerprint density at radius 1 is 1.10 bits per heavy atom. The van der Waals surface area contributed by atoms with E-state index in [0.717, 1.165) is 5.56 Å². The fraction of sp³-hybridized carbons (Fsp3) is 0.200. The van der Waals surface area contributed by atoms with Crippen LogP contribution in [0, 0.1) is 26.6 Å². The average molecular weight is 308 g/mol. The van der Waals surface area contributed by atoms with Gasteiger partial charge < -0.3 is 5.73 Å². The predicted octanol–water partition coefficient (Wildman–Crippen LogP) is 3.13. The van der Waals surface area contributed by atoms with E-state index in [1.807, 2.05) is 0 Å². The van der Waals surface area contributed by atoms with Crippen LogP contribution >= 0.6 is 0 Å². The number of hydrogen-bond acceptors (Lipinski definition) is 3. The van der Waals surface area contributed by atoms with Gasteiger partial charge in [0.05, 0.1) is 10.6 Å². The van der Waals surface area contributed by atoms with Crippen molar-refractivity contribution in [3.05, 3.63) is 52.8 Å². The molecule has 0 fully saturated rings. The number of hydrogen-bond donors (Lipinski definition) is 2. The van der Waals surface area contributed by atoms with E-state index in [9.17, 15) is 12.8 Å². The van der Waals surface area contributed by atoms with Gasteiger partial charge in [-0.3, -0.25) is 4.72 Å². The van der Waals surface area contributed by atoms with Gasteiger partial charge in [-0.2, -0.15) is 0 Å². The first-order valence-corrected chi connectivity index (χ1v) is 7.85. The molecule has 0 amide bonds. The molecule has 0 radical (unpaired) electrons. The fourth-order valence-corrected chi connectivity index (χ4v) is 3.53. The number of nitrogen functional groups attached to an aromatic ring is 1. The van der Waals surface area contributed by atoms with Crippen molar-refractivity contribution in [1.29, 1.82) is 0 Å². The molecule has 0 saturated heterocycles. The van der Waals surface area contributed by atoms with Crippen molar-refractivity contribution in [1.82, 2.24) is 0 Å². The second-order valence-corrected chi connectivity index (χ2v) is 6.65. The number of aryl methyl sites for hydroxylation is 1. The normalized spacial score (nSPS) is 11.4. The van der Waals surface area contributed by atoms with Crippen molar-refractivity contribution in [3.8, 4) is 0 Å². The Hall–Kier alpha value is -2.08. The van der Waals surface area contributed by atoms with Crippen LogP contribution in [0.3, 0.4) is 0 Å². The highest BCUT2D eigenvalue weighted by Gasteiger charge is 2.20. The van der Waals surface area contributed by atoms with Crippen LogP contribution in [0.4, 0.5) is 15.8 Å². The van der Waals surface area contributed by atoms with Crippen LogP contribution in [-0.2, 0) is 10.0 Å². The first-order valence-electron chi connectivity index (χ1n) is 6.37. The average Bonchev–Trinajstić information content (AvgIpc) is 2.39. The van der Waals surface area contributed by atoms with Gasteiger partial charge in [0.1, 0.15) is 5.82 Å². The Morgan fingerprint density at radius 3 is 2.43 bits per heavy atom. The van der Waals surface area contributed by atoms with Crippen LogP contribution in [0.15, 0.2) is 35.2 Å². The highest BCUT2D eigenvalue weighted by molar-refractivity contribution is 7.92. The molecule has 0 atom stereocenters. The van der Waals surface area contributed by atoms with E-state index in [1.54, 1.807) is 26.0 Å². The highest BCUT2D eigenvalue weighted by Crippen LogP contribution is 2.26. The zero-order valence-corrected chi connectivity index (χ0v) is 12.9. The van der Waals surface area contributed by atoms with Gasteiger partial charge in [-0.15, -0.1) is 0 Å². The number of nitrogens with one attached hydrogen (secondary N) is 1. The first-order chi connectivity index (χ1) is 9.72.